The van der Waals surface area contributed by atoms with Gasteiger partial charge in [0.15, 0.2) is 0 Å². The van der Waals surface area contributed by atoms with Gasteiger partial charge in [0.1, 0.15) is 6.04 Å². The predicted molar refractivity (Wildman–Crippen MR) is 146 cm³/mol. The Balaban J connectivity index is 2.20. The fourth-order valence-corrected chi connectivity index (χ4v) is 5.16. The molecule has 0 radical (unpaired) electrons. The van der Waals surface area contributed by atoms with Gasteiger partial charge in [0.25, 0.3) is 0 Å². The summed E-state index contributed by atoms with van der Waals surface area (Å²) in [6.45, 7) is 8.93. The number of carbonyl (C=O) groups is 2. The van der Waals surface area contributed by atoms with Crippen LogP contribution in [0, 0.1) is 13.8 Å². The van der Waals surface area contributed by atoms with Crippen molar-refractivity contribution in [2.45, 2.75) is 72.4 Å². The molecule has 7 nitrogen and oxygen atoms in total. The van der Waals surface area contributed by atoms with Crippen LogP contribution in [0.15, 0.2) is 48.5 Å². The molecular weight excluding hydrogens is 474 g/mol. The summed E-state index contributed by atoms with van der Waals surface area (Å²) in [5, 5.41) is 2.97. The summed E-state index contributed by atoms with van der Waals surface area (Å²) >= 11 is 0. The lowest BCUT2D eigenvalue weighted by Gasteiger charge is -2.31. The van der Waals surface area contributed by atoms with Crippen molar-refractivity contribution in [2.75, 3.05) is 23.7 Å². The van der Waals surface area contributed by atoms with Gasteiger partial charge in [-0.2, -0.15) is 0 Å². The van der Waals surface area contributed by atoms with E-state index < -0.39 is 16.1 Å². The van der Waals surface area contributed by atoms with E-state index in [2.05, 4.69) is 12.2 Å². The first-order chi connectivity index (χ1) is 17.1. The van der Waals surface area contributed by atoms with E-state index in [1.54, 1.807) is 17.0 Å². The molecule has 2 aromatic carbocycles. The number of para-hydroxylation sites is 1. The molecule has 2 rings (SSSR count). The van der Waals surface area contributed by atoms with E-state index in [9.17, 15) is 18.0 Å². The molecule has 198 valence electrons. The Kier molecular flexibility index (Phi) is 11.4. The minimum Gasteiger partial charge on any atom is -0.354 e. The lowest BCUT2D eigenvalue weighted by Crippen LogP contribution is -2.49. The highest BCUT2D eigenvalue weighted by Crippen LogP contribution is 2.23. The minimum atomic E-state index is -3.51. The first-order valence-corrected chi connectivity index (χ1v) is 14.6. The van der Waals surface area contributed by atoms with Crippen LogP contribution >= 0.6 is 0 Å². The summed E-state index contributed by atoms with van der Waals surface area (Å²) in [6.07, 6.45) is 4.02. The smallest absolute Gasteiger partial charge is 0.242 e. The van der Waals surface area contributed by atoms with E-state index in [4.69, 9.17) is 0 Å². The average Bonchev–Trinajstić information content (AvgIpc) is 2.83. The molecule has 1 N–H and O–H groups in total. The average molecular weight is 516 g/mol. The number of hydrogen-bond acceptors (Lipinski definition) is 4. The van der Waals surface area contributed by atoms with Gasteiger partial charge in [-0.3, -0.25) is 13.9 Å². The highest BCUT2D eigenvalue weighted by molar-refractivity contribution is 7.92. The van der Waals surface area contributed by atoms with Crippen LogP contribution in [0.2, 0.25) is 0 Å². The number of aryl methyl sites for hydroxylation is 2. The monoisotopic (exact) mass is 515 g/mol. The van der Waals surface area contributed by atoms with Gasteiger partial charge in [0.2, 0.25) is 21.8 Å². The predicted octanol–water partition coefficient (Wildman–Crippen LogP) is 4.57. The first kappa shape index (κ1) is 29.4. The Morgan fingerprint density at radius 1 is 0.972 bits per heavy atom. The fraction of sp³-hybridized carbons (Fsp3) is 0.500. The molecule has 0 aliphatic heterocycles. The number of nitrogens with zero attached hydrogens (tertiary/aromatic N) is 2. The molecule has 0 aromatic heterocycles. The van der Waals surface area contributed by atoms with Crippen molar-refractivity contribution in [3.05, 3.63) is 65.2 Å². The maximum atomic E-state index is 13.5. The molecular formula is C28H41N3O4S. The van der Waals surface area contributed by atoms with E-state index >= 15 is 0 Å². The second-order valence-electron chi connectivity index (χ2n) is 9.30. The van der Waals surface area contributed by atoms with E-state index in [1.165, 1.54) is 10.6 Å². The fourth-order valence-electron chi connectivity index (χ4n) is 4.14. The van der Waals surface area contributed by atoms with Crippen molar-refractivity contribution in [1.82, 2.24) is 10.2 Å². The van der Waals surface area contributed by atoms with E-state index in [1.807, 2.05) is 57.2 Å². The van der Waals surface area contributed by atoms with E-state index in [0.29, 0.717) is 31.6 Å². The Bertz CT molecular complexity index is 1100. The largest absolute Gasteiger partial charge is 0.354 e. The maximum absolute atomic E-state index is 13.5. The zero-order valence-corrected chi connectivity index (χ0v) is 23.1. The summed E-state index contributed by atoms with van der Waals surface area (Å²) in [7, 11) is -3.51. The number of nitrogens with one attached hydrogen (secondary N) is 1. The Morgan fingerprint density at radius 3 is 2.22 bits per heavy atom. The number of unbranched alkanes of at least 4 members (excludes halogenated alkanes) is 1. The highest BCUT2D eigenvalue weighted by atomic mass is 32.2. The zero-order valence-electron chi connectivity index (χ0n) is 22.3. The third-order valence-electron chi connectivity index (χ3n) is 6.23. The van der Waals surface area contributed by atoms with Crippen molar-refractivity contribution in [1.29, 1.82) is 0 Å². The van der Waals surface area contributed by atoms with Crippen molar-refractivity contribution in [3.63, 3.8) is 0 Å². The zero-order chi connectivity index (χ0) is 26.7. The molecule has 0 aliphatic rings. The third-order valence-corrected chi connectivity index (χ3v) is 7.41. The molecule has 0 bridgehead atoms. The number of rotatable bonds is 14. The van der Waals surface area contributed by atoms with Gasteiger partial charge < -0.3 is 10.2 Å². The van der Waals surface area contributed by atoms with Crippen molar-refractivity contribution >= 4 is 27.5 Å². The maximum Gasteiger partial charge on any atom is 0.242 e. The Hall–Kier alpha value is -2.87. The van der Waals surface area contributed by atoms with Gasteiger partial charge in [0.05, 0.1) is 11.9 Å². The summed E-state index contributed by atoms with van der Waals surface area (Å²) in [5.74, 6) is -0.310. The molecule has 0 heterocycles. The van der Waals surface area contributed by atoms with Crippen LogP contribution in [0.3, 0.4) is 0 Å². The highest BCUT2D eigenvalue weighted by Gasteiger charge is 2.28. The molecule has 0 unspecified atom stereocenters. The summed E-state index contributed by atoms with van der Waals surface area (Å²) in [4.78, 5) is 28.1. The molecule has 8 heteroatoms. The second-order valence-corrected chi connectivity index (χ2v) is 11.2. The number of anilines is 1. The van der Waals surface area contributed by atoms with E-state index in [-0.39, 0.29) is 24.8 Å². The molecule has 0 fully saturated rings. The minimum absolute atomic E-state index is 0.141. The molecule has 0 spiro atoms. The molecule has 2 aromatic rings. The number of sulfonamides is 1. The normalized spacial score (nSPS) is 12.1. The molecule has 2 amide bonds. The van der Waals surface area contributed by atoms with Gasteiger partial charge in [-0.1, -0.05) is 68.3 Å². The van der Waals surface area contributed by atoms with Crippen LogP contribution in [-0.4, -0.2) is 50.5 Å². The van der Waals surface area contributed by atoms with Gasteiger partial charge >= 0.3 is 0 Å². The topological polar surface area (TPSA) is 86.8 Å². The third kappa shape index (κ3) is 8.66. The first-order valence-electron chi connectivity index (χ1n) is 12.7. The molecule has 0 aliphatic carbocycles. The van der Waals surface area contributed by atoms with Gasteiger partial charge in [-0.25, -0.2) is 8.42 Å². The lowest BCUT2D eigenvalue weighted by molar-refractivity contribution is -0.141. The van der Waals surface area contributed by atoms with Crippen LogP contribution in [-0.2, 0) is 26.2 Å². The van der Waals surface area contributed by atoms with E-state index in [0.717, 1.165) is 29.5 Å². The van der Waals surface area contributed by atoms with Crippen molar-refractivity contribution in [2.24, 2.45) is 0 Å². The van der Waals surface area contributed by atoms with Gasteiger partial charge in [-0.05, 0) is 50.3 Å². The second kappa shape index (κ2) is 14.0. The number of hydrogen-bond donors (Lipinski definition) is 1. The number of carbonyl (C=O) groups excluding carboxylic acids is 2. The van der Waals surface area contributed by atoms with Crippen molar-refractivity contribution < 1.29 is 18.0 Å². The summed E-state index contributed by atoms with van der Waals surface area (Å²) in [5.41, 5.74) is 3.54. The summed E-state index contributed by atoms with van der Waals surface area (Å²) < 4.78 is 26.4. The molecule has 0 saturated heterocycles. The lowest BCUT2D eigenvalue weighted by atomic mass is 10.1. The number of amides is 2. The van der Waals surface area contributed by atoms with Crippen LogP contribution in [0.5, 0.6) is 0 Å². The molecule has 1 atom stereocenters. The van der Waals surface area contributed by atoms with Crippen molar-refractivity contribution in [3.8, 4) is 0 Å². The van der Waals surface area contributed by atoms with Crippen LogP contribution in [0.4, 0.5) is 5.69 Å². The van der Waals surface area contributed by atoms with Crippen LogP contribution < -0.4 is 9.62 Å². The Labute approximate surface area is 216 Å². The molecule has 36 heavy (non-hydrogen) atoms. The quantitative estimate of drug-likeness (QED) is 0.373. The summed E-state index contributed by atoms with van der Waals surface area (Å²) in [6, 6.07) is 14.7. The molecule has 0 saturated carbocycles. The van der Waals surface area contributed by atoms with Gasteiger partial charge in [-0.15, -0.1) is 0 Å². The SMILES string of the molecule is CCCCNC(=O)[C@@H](CC)N(Cc1ccc(C)cc1)C(=O)CCCN(c1ccccc1C)S(C)(=O)=O. The van der Waals surface area contributed by atoms with Crippen LogP contribution in [0.25, 0.3) is 0 Å². The standard InChI is InChI=1S/C28H41N3O4S/c1-6-8-19-29-28(33)25(7-2)30(21-24-17-15-22(3)16-18-24)27(32)14-11-20-31(36(5,34)35)26-13-10-9-12-23(26)4/h9-10,12-13,15-18,25H,6-8,11,14,19-21H2,1-5H3,(H,29,33)/t25-/m1/s1. The number of benzene rings is 2. The van der Waals surface area contributed by atoms with Crippen LogP contribution in [0.1, 0.15) is 62.6 Å². The van der Waals surface area contributed by atoms with Gasteiger partial charge in [0, 0.05) is 26.1 Å². The Morgan fingerprint density at radius 2 is 1.64 bits per heavy atom.